The van der Waals surface area contributed by atoms with Crippen LogP contribution in [0.1, 0.15) is 0 Å². The van der Waals surface area contributed by atoms with Gasteiger partial charge in [-0.05, 0) is 19.2 Å². The molecule has 1 atom stereocenters. The Kier molecular flexibility index (Phi) is 10.4. The SMILES string of the molecule is P.c1cc[c]([Sn][c]2ccccc2)cc1.c1ccc([P]c2ccccc2)cc1. The third-order valence-corrected chi connectivity index (χ3v) is 8.27. The summed E-state index contributed by atoms with van der Waals surface area (Å²) in [5.74, 6) is 0. The van der Waals surface area contributed by atoms with Crippen molar-refractivity contribution in [2.24, 2.45) is 0 Å². The number of rotatable bonds is 4. The Labute approximate surface area is 178 Å². The largest absolute Gasteiger partial charge is 0.0622 e. The molecule has 0 aliphatic carbocycles. The van der Waals surface area contributed by atoms with Gasteiger partial charge in [-0.3, -0.25) is 0 Å². The Hall–Kier alpha value is -1.46. The summed E-state index contributed by atoms with van der Waals surface area (Å²) in [5.41, 5.74) is 0. The molecule has 0 aliphatic rings. The van der Waals surface area contributed by atoms with Crippen LogP contribution in [0, 0.1) is 0 Å². The second-order valence-electron chi connectivity index (χ2n) is 5.64. The summed E-state index contributed by atoms with van der Waals surface area (Å²) < 4.78 is 3.08. The van der Waals surface area contributed by atoms with Crippen molar-refractivity contribution in [3.8, 4) is 0 Å². The van der Waals surface area contributed by atoms with Crippen LogP contribution in [-0.4, -0.2) is 21.1 Å². The molecule has 0 amide bonds. The van der Waals surface area contributed by atoms with E-state index >= 15 is 0 Å². The van der Waals surface area contributed by atoms with Crippen molar-refractivity contribution < 1.29 is 0 Å². The molecule has 3 heteroatoms. The van der Waals surface area contributed by atoms with Gasteiger partial charge in [0.25, 0.3) is 0 Å². The van der Waals surface area contributed by atoms with Gasteiger partial charge in [0.1, 0.15) is 0 Å². The van der Waals surface area contributed by atoms with Gasteiger partial charge in [-0.2, -0.15) is 9.90 Å². The first-order chi connectivity index (χ1) is 12.9. The molecule has 0 aliphatic heterocycles. The van der Waals surface area contributed by atoms with Crippen molar-refractivity contribution >= 4 is 57.4 Å². The van der Waals surface area contributed by atoms with Crippen LogP contribution in [0.15, 0.2) is 121 Å². The third-order valence-electron chi connectivity index (χ3n) is 3.61. The summed E-state index contributed by atoms with van der Waals surface area (Å²) in [5, 5.41) is 2.68. The van der Waals surface area contributed by atoms with Crippen LogP contribution in [0.4, 0.5) is 0 Å². The van der Waals surface area contributed by atoms with E-state index in [0.717, 1.165) is 0 Å². The van der Waals surface area contributed by atoms with Crippen LogP contribution < -0.4 is 17.8 Å². The minimum Gasteiger partial charge on any atom is -0.0622 e. The first-order valence-electron chi connectivity index (χ1n) is 8.59. The van der Waals surface area contributed by atoms with Gasteiger partial charge in [-0.1, -0.05) is 60.7 Å². The van der Waals surface area contributed by atoms with Crippen molar-refractivity contribution in [3.05, 3.63) is 121 Å². The molecule has 4 aromatic rings. The van der Waals surface area contributed by atoms with Crippen LogP contribution in [0.5, 0.6) is 0 Å². The van der Waals surface area contributed by atoms with Crippen molar-refractivity contribution in [2.45, 2.75) is 0 Å². The second kappa shape index (κ2) is 12.8. The molecular formula is C24H23P2Sn. The van der Waals surface area contributed by atoms with Crippen LogP contribution in [0.25, 0.3) is 0 Å². The molecule has 0 bridgehead atoms. The summed E-state index contributed by atoms with van der Waals surface area (Å²) in [6.07, 6.45) is 0. The van der Waals surface area contributed by atoms with E-state index in [2.05, 4.69) is 109 Å². The fraction of sp³-hybridized carbons (Fsp3) is 0. The quantitative estimate of drug-likeness (QED) is 0.299. The molecular weight excluding hydrogens is 469 g/mol. The molecule has 0 spiro atoms. The Balaban J connectivity index is 0.000000187. The molecule has 0 aromatic heterocycles. The molecule has 0 N–H and O–H groups in total. The predicted molar refractivity (Wildman–Crippen MR) is 128 cm³/mol. The molecule has 0 fully saturated rings. The van der Waals surface area contributed by atoms with E-state index in [9.17, 15) is 0 Å². The summed E-state index contributed by atoms with van der Waals surface area (Å²) in [4.78, 5) is 0. The number of benzene rings is 4. The van der Waals surface area contributed by atoms with Gasteiger partial charge in [-0.15, -0.1) is 0 Å². The molecule has 4 rings (SSSR count). The van der Waals surface area contributed by atoms with E-state index in [1.54, 1.807) is 0 Å². The van der Waals surface area contributed by atoms with Crippen molar-refractivity contribution in [1.29, 1.82) is 0 Å². The third kappa shape index (κ3) is 8.39. The summed E-state index contributed by atoms with van der Waals surface area (Å²) in [6, 6.07) is 42.6. The van der Waals surface area contributed by atoms with Crippen molar-refractivity contribution in [2.75, 3.05) is 0 Å². The van der Waals surface area contributed by atoms with Crippen molar-refractivity contribution in [1.82, 2.24) is 0 Å². The molecule has 4 aromatic carbocycles. The van der Waals surface area contributed by atoms with E-state index in [4.69, 9.17) is 0 Å². The van der Waals surface area contributed by atoms with Gasteiger partial charge >= 0.3 is 89.0 Å². The summed E-state index contributed by atoms with van der Waals surface area (Å²) >= 11 is -0.517. The van der Waals surface area contributed by atoms with Crippen LogP contribution in [0.3, 0.4) is 0 Å². The molecule has 1 unspecified atom stereocenters. The summed E-state index contributed by atoms with van der Waals surface area (Å²) in [6.45, 7) is 0. The maximum atomic E-state index is 2.24. The minimum atomic E-state index is -0.517. The zero-order valence-electron chi connectivity index (χ0n) is 15.2. The maximum absolute atomic E-state index is 2.24. The normalized spacial score (nSPS) is 9.48. The Bertz CT molecular complexity index is 715. The summed E-state index contributed by atoms with van der Waals surface area (Å²) in [7, 11) is 1.28. The zero-order chi connectivity index (χ0) is 17.9. The molecule has 0 saturated carbocycles. The minimum absolute atomic E-state index is 0. The monoisotopic (exact) mass is 493 g/mol. The van der Waals surface area contributed by atoms with Gasteiger partial charge in [0.15, 0.2) is 0 Å². The van der Waals surface area contributed by atoms with Crippen LogP contribution in [0.2, 0.25) is 0 Å². The number of hydrogen-bond acceptors (Lipinski definition) is 0. The van der Waals surface area contributed by atoms with Gasteiger partial charge in [-0.25, -0.2) is 0 Å². The van der Waals surface area contributed by atoms with Gasteiger partial charge in [0, 0.05) is 0 Å². The van der Waals surface area contributed by atoms with E-state index in [0.29, 0.717) is 0 Å². The number of hydrogen-bond donors (Lipinski definition) is 0. The van der Waals surface area contributed by atoms with E-state index < -0.39 is 21.1 Å². The smallest absolute Gasteiger partial charge is 0.0100 e. The average Bonchev–Trinajstić information content (AvgIpc) is 2.72. The molecule has 3 radical (unpaired) electrons. The maximum Gasteiger partial charge on any atom is -0.0100 e. The standard InChI is InChI=1S/C12H10P.2C6H5.H3P.Sn/c1-3-7-11(8-4-1)13-12-9-5-2-6-10-12;2*1-2-4-6-5-3-1;;/h1-10H;2*1-5H;1H3;. The van der Waals surface area contributed by atoms with Crippen LogP contribution >= 0.6 is 18.5 Å². The molecule has 0 heterocycles. The molecule has 0 nitrogen and oxygen atoms in total. The molecule has 133 valence electrons. The van der Waals surface area contributed by atoms with Crippen LogP contribution in [-0.2, 0) is 0 Å². The first-order valence-corrected chi connectivity index (χ1v) is 12.3. The fourth-order valence-corrected chi connectivity index (χ4v) is 6.31. The van der Waals surface area contributed by atoms with Gasteiger partial charge in [0.2, 0.25) is 0 Å². The molecule has 27 heavy (non-hydrogen) atoms. The first kappa shape index (κ1) is 21.8. The van der Waals surface area contributed by atoms with E-state index in [1.165, 1.54) is 26.3 Å². The van der Waals surface area contributed by atoms with Gasteiger partial charge < -0.3 is 0 Å². The second-order valence-corrected chi connectivity index (χ2v) is 10.9. The van der Waals surface area contributed by atoms with Crippen molar-refractivity contribution in [3.63, 3.8) is 0 Å². The average molecular weight is 492 g/mol. The Morgan fingerprint density at radius 2 is 0.704 bits per heavy atom. The Morgan fingerprint density at radius 1 is 0.407 bits per heavy atom. The fourth-order valence-electron chi connectivity index (χ4n) is 2.36. The van der Waals surface area contributed by atoms with Gasteiger partial charge in [0.05, 0.1) is 0 Å². The van der Waals surface area contributed by atoms with E-state index in [1.807, 2.05) is 12.1 Å². The topological polar surface area (TPSA) is 0 Å². The Morgan fingerprint density at radius 3 is 1.04 bits per heavy atom. The van der Waals surface area contributed by atoms with E-state index in [-0.39, 0.29) is 9.90 Å². The predicted octanol–water partition coefficient (Wildman–Crippen LogP) is 3.98. The molecule has 0 saturated heterocycles. The zero-order valence-corrected chi connectivity index (χ0v) is 20.4.